The maximum absolute atomic E-state index is 11.5. The summed E-state index contributed by atoms with van der Waals surface area (Å²) in [7, 11) is 1.57. The van der Waals surface area contributed by atoms with E-state index < -0.39 is 18.1 Å². The Morgan fingerprint density at radius 2 is 2.16 bits per heavy atom. The van der Waals surface area contributed by atoms with Gasteiger partial charge in [-0.15, -0.1) is 0 Å². The SMILES string of the molecule is COCc1cccc(NC(=O)NCC(O)C(=O)O)c1. The summed E-state index contributed by atoms with van der Waals surface area (Å²) in [6.07, 6.45) is -1.62. The van der Waals surface area contributed by atoms with Crippen LogP contribution >= 0.6 is 0 Å². The van der Waals surface area contributed by atoms with Crippen molar-refractivity contribution in [1.82, 2.24) is 5.32 Å². The number of aliphatic hydroxyl groups is 1. The standard InChI is InChI=1S/C12H16N2O5/c1-19-7-8-3-2-4-9(5-8)14-12(18)13-6-10(15)11(16)17/h2-5,10,15H,6-7H2,1H3,(H,16,17)(H2,13,14,18). The van der Waals surface area contributed by atoms with E-state index in [2.05, 4.69) is 10.6 Å². The van der Waals surface area contributed by atoms with Crippen molar-refractivity contribution < 1.29 is 24.5 Å². The van der Waals surface area contributed by atoms with Gasteiger partial charge in [-0.05, 0) is 17.7 Å². The van der Waals surface area contributed by atoms with Crippen molar-refractivity contribution in [3.63, 3.8) is 0 Å². The molecule has 19 heavy (non-hydrogen) atoms. The number of nitrogens with one attached hydrogen (secondary N) is 2. The summed E-state index contributed by atoms with van der Waals surface area (Å²) in [5, 5.41) is 22.2. The van der Waals surface area contributed by atoms with E-state index in [-0.39, 0.29) is 6.54 Å². The highest BCUT2D eigenvalue weighted by Gasteiger charge is 2.13. The summed E-state index contributed by atoms with van der Waals surface area (Å²) in [4.78, 5) is 21.8. The van der Waals surface area contributed by atoms with Gasteiger partial charge in [-0.2, -0.15) is 0 Å². The molecule has 0 bridgehead atoms. The van der Waals surface area contributed by atoms with E-state index in [9.17, 15) is 9.59 Å². The molecule has 1 rings (SSSR count). The molecule has 0 aliphatic heterocycles. The van der Waals surface area contributed by atoms with Crippen LogP contribution in [0.1, 0.15) is 5.56 Å². The molecule has 104 valence electrons. The van der Waals surface area contributed by atoms with Crippen LogP contribution in [0.4, 0.5) is 10.5 Å². The van der Waals surface area contributed by atoms with Gasteiger partial charge in [0, 0.05) is 12.8 Å². The lowest BCUT2D eigenvalue weighted by Gasteiger charge is -2.10. The number of carbonyl (C=O) groups excluding carboxylic acids is 1. The van der Waals surface area contributed by atoms with Crippen molar-refractivity contribution in [2.24, 2.45) is 0 Å². The monoisotopic (exact) mass is 268 g/mol. The van der Waals surface area contributed by atoms with Crippen molar-refractivity contribution in [3.05, 3.63) is 29.8 Å². The number of methoxy groups -OCH3 is 1. The lowest BCUT2D eigenvalue weighted by Crippen LogP contribution is -2.38. The Hall–Kier alpha value is -2.12. The second-order valence-corrected chi connectivity index (χ2v) is 3.82. The van der Waals surface area contributed by atoms with Crippen molar-refractivity contribution >= 4 is 17.7 Å². The number of carboxylic acid groups (broad SMARTS) is 1. The van der Waals surface area contributed by atoms with E-state index >= 15 is 0 Å². The predicted molar refractivity (Wildman–Crippen MR) is 67.8 cm³/mol. The summed E-state index contributed by atoms with van der Waals surface area (Å²) < 4.78 is 4.97. The number of hydrogen-bond acceptors (Lipinski definition) is 4. The van der Waals surface area contributed by atoms with Crippen LogP contribution in [0.2, 0.25) is 0 Å². The molecule has 0 fully saturated rings. The maximum Gasteiger partial charge on any atom is 0.334 e. The zero-order valence-electron chi connectivity index (χ0n) is 10.4. The van der Waals surface area contributed by atoms with Crippen molar-refractivity contribution in [2.45, 2.75) is 12.7 Å². The minimum atomic E-state index is -1.62. The van der Waals surface area contributed by atoms with Crippen LogP contribution in [0.15, 0.2) is 24.3 Å². The van der Waals surface area contributed by atoms with Gasteiger partial charge in [-0.25, -0.2) is 9.59 Å². The number of rotatable bonds is 6. The van der Waals surface area contributed by atoms with Crippen LogP contribution in [0, 0.1) is 0 Å². The first-order chi connectivity index (χ1) is 9.02. The Labute approximate surface area is 110 Å². The number of urea groups is 1. The summed E-state index contributed by atoms with van der Waals surface area (Å²) in [6, 6.07) is 6.44. The lowest BCUT2D eigenvalue weighted by molar-refractivity contribution is -0.146. The summed E-state index contributed by atoms with van der Waals surface area (Å²) in [5.41, 5.74) is 1.45. The fraction of sp³-hybridized carbons (Fsp3) is 0.333. The first-order valence-corrected chi connectivity index (χ1v) is 5.56. The highest BCUT2D eigenvalue weighted by molar-refractivity contribution is 5.89. The van der Waals surface area contributed by atoms with Crippen LogP contribution < -0.4 is 10.6 Å². The van der Waals surface area contributed by atoms with Gasteiger partial charge >= 0.3 is 12.0 Å². The Morgan fingerprint density at radius 3 is 2.79 bits per heavy atom. The number of hydrogen-bond donors (Lipinski definition) is 4. The summed E-state index contributed by atoms with van der Waals surface area (Å²) in [5.74, 6) is -1.39. The largest absolute Gasteiger partial charge is 0.479 e. The first kappa shape index (κ1) is 14.9. The topological polar surface area (TPSA) is 108 Å². The molecular formula is C12H16N2O5. The van der Waals surface area contributed by atoms with E-state index in [0.29, 0.717) is 12.3 Å². The van der Waals surface area contributed by atoms with Crippen LogP contribution in [-0.2, 0) is 16.1 Å². The van der Waals surface area contributed by atoms with Gasteiger partial charge in [-0.1, -0.05) is 12.1 Å². The van der Waals surface area contributed by atoms with Gasteiger partial charge in [0.05, 0.1) is 13.2 Å². The molecule has 1 atom stereocenters. The molecule has 0 radical (unpaired) electrons. The minimum absolute atomic E-state index is 0.362. The quantitative estimate of drug-likeness (QED) is 0.597. The summed E-state index contributed by atoms with van der Waals surface area (Å²) in [6.45, 7) is 0.0633. The molecule has 0 aliphatic carbocycles. The molecule has 7 heteroatoms. The molecular weight excluding hydrogens is 252 g/mol. The molecule has 1 aromatic rings. The number of anilines is 1. The number of benzene rings is 1. The van der Waals surface area contributed by atoms with Crippen LogP contribution in [-0.4, -0.2) is 42.0 Å². The van der Waals surface area contributed by atoms with Crippen molar-refractivity contribution in [2.75, 3.05) is 19.0 Å². The molecule has 0 saturated carbocycles. The second-order valence-electron chi connectivity index (χ2n) is 3.82. The van der Waals surface area contributed by atoms with Gasteiger partial charge in [-0.3, -0.25) is 0 Å². The van der Waals surface area contributed by atoms with Gasteiger partial charge < -0.3 is 25.6 Å². The Balaban J connectivity index is 2.48. The number of carbonyl (C=O) groups is 2. The van der Waals surface area contributed by atoms with Gasteiger partial charge in [0.15, 0.2) is 6.10 Å². The highest BCUT2D eigenvalue weighted by Crippen LogP contribution is 2.11. The van der Waals surface area contributed by atoms with E-state index in [1.54, 1.807) is 25.3 Å². The normalized spacial score (nSPS) is 11.7. The Morgan fingerprint density at radius 1 is 1.42 bits per heavy atom. The van der Waals surface area contributed by atoms with Crippen molar-refractivity contribution in [1.29, 1.82) is 0 Å². The third kappa shape index (κ3) is 5.36. The molecule has 4 N–H and O–H groups in total. The van der Waals surface area contributed by atoms with Crippen LogP contribution in [0.3, 0.4) is 0 Å². The molecule has 0 aromatic heterocycles. The summed E-state index contributed by atoms with van der Waals surface area (Å²) >= 11 is 0. The number of carboxylic acids is 1. The zero-order valence-corrected chi connectivity index (χ0v) is 10.4. The van der Waals surface area contributed by atoms with E-state index in [4.69, 9.17) is 14.9 Å². The molecule has 0 heterocycles. The average molecular weight is 268 g/mol. The average Bonchev–Trinajstić information content (AvgIpc) is 2.36. The Kier molecular flexibility index (Phi) is 5.77. The third-order valence-electron chi connectivity index (χ3n) is 2.24. The van der Waals surface area contributed by atoms with Crippen LogP contribution in [0.5, 0.6) is 0 Å². The zero-order chi connectivity index (χ0) is 14.3. The van der Waals surface area contributed by atoms with Crippen molar-refractivity contribution in [3.8, 4) is 0 Å². The Bertz CT molecular complexity index is 450. The van der Waals surface area contributed by atoms with E-state index in [1.807, 2.05) is 6.07 Å². The minimum Gasteiger partial charge on any atom is -0.479 e. The second kappa shape index (κ2) is 7.34. The fourth-order valence-electron chi connectivity index (χ4n) is 1.36. The fourth-order valence-corrected chi connectivity index (χ4v) is 1.36. The first-order valence-electron chi connectivity index (χ1n) is 5.56. The maximum atomic E-state index is 11.5. The predicted octanol–water partition coefficient (Wildman–Crippen LogP) is 0.400. The molecule has 0 saturated heterocycles. The smallest absolute Gasteiger partial charge is 0.334 e. The van der Waals surface area contributed by atoms with E-state index in [0.717, 1.165) is 5.56 Å². The molecule has 1 unspecified atom stereocenters. The molecule has 0 spiro atoms. The molecule has 2 amide bonds. The number of aliphatic carboxylic acids is 1. The highest BCUT2D eigenvalue weighted by atomic mass is 16.5. The number of amides is 2. The van der Waals surface area contributed by atoms with Gasteiger partial charge in [0.1, 0.15) is 0 Å². The molecule has 1 aromatic carbocycles. The number of aliphatic hydroxyl groups excluding tert-OH is 1. The molecule has 7 nitrogen and oxygen atoms in total. The van der Waals surface area contributed by atoms with Gasteiger partial charge in [0.2, 0.25) is 0 Å². The van der Waals surface area contributed by atoms with Gasteiger partial charge in [0.25, 0.3) is 0 Å². The molecule has 0 aliphatic rings. The van der Waals surface area contributed by atoms with E-state index in [1.165, 1.54) is 0 Å². The third-order valence-corrected chi connectivity index (χ3v) is 2.24. The van der Waals surface area contributed by atoms with Crippen LogP contribution in [0.25, 0.3) is 0 Å². The number of ether oxygens (including phenoxy) is 1. The lowest BCUT2D eigenvalue weighted by atomic mass is 10.2.